The van der Waals surface area contributed by atoms with E-state index in [0.717, 1.165) is 5.56 Å². The molecule has 0 saturated carbocycles. The van der Waals surface area contributed by atoms with Crippen molar-refractivity contribution in [2.24, 2.45) is 7.05 Å². The van der Waals surface area contributed by atoms with Crippen LogP contribution >= 0.6 is 0 Å². The van der Waals surface area contributed by atoms with Crippen molar-refractivity contribution in [2.75, 3.05) is 0 Å². The Hall–Kier alpha value is -2.43. The fraction of sp³-hybridized carbons (Fsp3) is 0.0769. The summed E-state index contributed by atoms with van der Waals surface area (Å²) in [6, 6.07) is 9.12. The molecule has 3 aromatic rings. The van der Waals surface area contributed by atoms with E-state index in [1.54, 1.807) is 36.1 Å². The third kappa shape index (κ3) is 1.60. The number of fused-ring (bicyclic) bond motifs is 1. The van der Waals surface area contributed by atoms with Gasteiger partial charge >= 0.3 is 0 Å². The van der Waals surface area contributed by atoms with Gasteiger partial charge in [0, 0.05) is 30.9 Å². The number of rotatable bonds is 1. The van der Waals surface area contributed by atoms with Crippen molar-refractivity contribution in [2.45, 2.75) is 0 Å². The zero-order chi connectivity index (χ0) is 12.7. The maximum Gasteiger partial charge on any atom is 0.273 e. The molecule has 2 heterocycles. The summed E-state index contributed by atoms with van der Waals surface area (Å²) in [7, 11) is 1.77. The molecule has 0 atom stereocenters. The van der Waals surface area contributed by atoms with E-state index in [2.05, 4.69) is 4.98 Å². The molecule has 90 valence electrons. The van der Waals surface area contributed by atoms with Gasteiger partial charge < -0.3 is 0 Å². The van der Waals surface area contributed by atoms with Gasteiger partial charge in [-0.1, -0.05) is 0 Å². The van der Waals surface area contributed by atoms with Crippen LogP contribution < -0.4 is 5.56 Å². The average molecular weight is 243 g/mol. The first kappa shape index (κ1) is 10.7. The van der Waals surface area contributed by atoms with Crippen molar-refractivity contribution in [3.8, 4) is 11.3 Å². The molecule has 18 heavy (non-hydrogen) atoms. The Balaban J connectivity index is 2.25. The molecule has 0 spiro atoms. The van der Waals surface area contributed by atoms with E-state index in [9.17, 15) is 9.18 Å². The van der Waals surface area contributed by atoms with Crippen LogP contribution in [-0.4, -0.2) is 14.2 Å². The van der Waals surface area contributed by atoms with Gasteiger partial charge in [0.05, 0.1) is 5.69 Å². The van der Waals surface area contributed by atoms with Gasteiger partial charge in [-0.15, -0.1) is 0 Å². The number of hydrogen-bond acceptors (Lipinski definition) is 2. The minimum atomic E-state index is -0.309. The molecule has 4 nitrogen and oxygen atoms in total. The van der Waals surface area contributed by atoms with E-state index < -0.39 is 0 Å². The lowest BCUT2D eigenvalue weighted by Crippen LogP contribution is -2.18. The van der Waals surface area contributed by atoms with Crippen molar-refractivity contribution in [1.82, 2.24) is 14.2 Å². The lowest BCUT2D eigenvalue weighted by atomic mass is 10.1. The van der Waals surface area contributed by atoms with Crippen LogP contribution in [0.3, 0.4) is 0 Å². The first-order valence-electron chi connectivity index (χ1n) is 5.46. The Bertz CT molecular complexity index is 771. The second-order valence-electron chi connectivity index (χ2n) is 4.05. The second kappa shape index (κ2) is 3.80. The number of nitrogens with zero attached hydrogens (tertiary/aromatic N) is 3. The van der Waals surface area contributed by atoms with Crippen molar-refractivity contribution in [1.29, 1.82) is 0 Å². The van der Waals surface area contributed by atoms with Crippen molar-refractivity contribution in [3.63, 3.8) is 0 Å². The molecule has 2 aromatic heterocycles. The van der Waals surface area contributed by atoms with Crippen LogP contribution in [0.15, 0.2) is 47.4 Å². The van der Waals surface area contributed by atoms with E-state index in [0.29, 0.717) is 11.3 Å². The highest BCUT2D eigenvalue weighted by molar-refractivity contribution is 5.61. The van der Waals surface area contributed by atoms with E-state index in [1.807, 2.05) is 0 Å². The number of halogens is 1. The highest BCUT2D eigenvalue weighted by Gasteiger charge is 2.06. The normalized spacial score (nSPS) is 11.0. The molecule has 0 aliphatic carbocycles. The SMILES string of the molecule is Cn1ccc2nc(-c3ccc(F)cc3)cc(=O)n21. The van der Waals surface area contributed by atoms with Crippen LogP contribution in [-0.2, 0) is 7.05 Å². The zero-order valence-corrected chi connectivity index (χ0v) is 9.67. The van der Waals surface area contributed by atoms with Gasteiger partial charge in [-0.3, -0.25) is 9.48 Å². The Morgan fingerprint density at radius 2 is 1.89 bits per heavy atom. The molecular weight excluding hydrogens is 233 g/mol. The molecule has 5 heteroatoms. The molecular formula is C13H10FN3O. The molecule has 1 aromatic carbocycles. The van der Waals surface area contributed by atoms with Crippen LogP contribution in [0.4, 0.5) is 4.39 Å². The lowest BCUT2D eigenvalue weighted by molar-refractivity contribution is 0.628. The summed E-state index contributed by atoms with van der Waals surface area (Å²) in [5, 5.41) is 0. The fourth-order valence-electron chi connectivity index (χ4n) is 1.93. The van der Waals surface area contributed by atoms with Crippen LogP contribution in [0.5, 0.6) is 0 Å². The van der Waals surface area contributed by atoms with E-state index in [4.69, 9.17) is 0 Å². The predicted octanol–water partition coefficient (Wildman–Crippen LogP) is 1.84. The summed E-state index contributed by atoms with van der Waals surface area (Å²) in [4.78, 5) is 16.3. The Morgan fingerprint density at radius 1 is 1.17 bits per heavy atom. The number of hydrogen-bond donors (Lipinski definition) is 0. The zero-order valence-electron chi connectivity index (χ0n) is 9.67. The molecule has 0 aliphatic rings. The van der Waals surface area contributed by atoms with Gasteiger partial charge in [-0.25, -0.2) is 9.37 Å². The topological polar surface area (TPSA) is 39.3 Å². The molecule has 0 N–H and O–H groups in total. The van der Waals surface area contributed by atoms with Gasteiger partial charge in [0.25, 0.3) is 5.56 Å². The third-order valence-electron chi connectivity index (χ3n) is 2.82. The highest BCUT2D eigenvalue weighted by atomic mass is 19.1. The third-order valence-corrected chi connectivity index (χ3v) is 2.82. The van der Waals surface area contributed by atoms with Gasteiger partial charge in [0.1, 0.15) is 5.82 Å². The molecule has 0 saturated heterocycles. The second-order valence-corrected chi connectivity index (χ2v) is 4.05. The molecule has 0 amide bonds. The number of aryl methyl sites for hydroxylation is 1. The smallest absolute Gasteiger partial charge is 0.273 e. The minimum absolute atomic E-state index is 0.160. The average Bonchev–Trinajstić information content (AvgIpc) is 2.72. The van der Waals surface area contributed by atoms with E-state index >= 15 is 0 Å². The Morgan fingerprint density at radius 3 is 2.61 bits per heavy atom. The summed E-state index contributed by atoms with van der Waals surface area (Å²) in [6.07, 6.45) is 1.76. The quantitative estimate of drug-likeness (QED) is 0.654. The lowest BCUT2D eigenvalue weighted by Gasteiger charge is -2.03. The molecule has 0 aliphatic heterocycles. The Kier molecular flexibility index (Phi) is 2.26. The van der Waals surface area contributed by atoms with E-state index in [1.165, 1.54) is 22.7 Å². The van der Waals surface area contributed by atoms with Gasteiger partial charge in [-0.2, -0.15) is 4.52 Å². The molecule has 0 bridgehead atoms. The van der Waals surface area contributed by atoms with Crippen LogP contribution in [0.25, 0.3) is 16.9 Å². The van der Waals surface area contributed by atoms with Gasteiger partial charge in [0.2, 0.25) is 0 Å². The van der Waals surface area contributed by atoms with Crippen molar-refractivity contribution < 1.29 is 4.39 Å². The summed E-state index contributed by atoms with van der Waals surface area (Å²) in [6.45, 7) is 0. The number of benzene rings is 1. The summed E-state index contributed by atoms with van der Waals surface area (Å²) in [5.74, 6) is -0.309. The predicted molar refractivity (Wildman–Crippen MR) is 65.8 cm³/mol. The summed E-state index contributed by atoms with van der Waals surface area (Å²) >= 11 is 0. The summed E-state index contributed by atoms with van der Waals surface area (Å²) in [5.41, 5.74) is 1.68. The number of aromatic nitrogens is 3. The van der Waals surface area contributed by atoms with E-state index in [-0.39, 0.29) is 11.4 Å². The monoisotopic (exact) mass is 243 g/mol. The van der Waals surface area contributed by atoms with Crippen LogP contribution in [0, 0.1) is 5.82 Å². The largest absolute Gasteiger partial charge is 0.287 e. The van der Waals surface area contributed by atoms with Crippen LogP contribution in [0.1, 0.15) is 0 Å². The maximum atomic E-state index is 12.8. The van der Waals surface area contributed by atoms with Gasteiger partial charge in [0.15, 0.2) is 5.65 Å². The molecule has 0 radical (unpaired) electrons. The Labute approximate surface area is 102 Å². The van der Waals surface area contributed by atoms with Crippen LogP contribution in [0.2, 0.25) is 0 Å². The molecule has 3 rings (SSSR count). The highest BCUT2D eigenvalue weighted by Crippen LogP contribution is 2.16. The minimum Gasteiger partial charge on any atom is -0.287 e. The standard InChI is InChI=1S/C13H10FN3O/c1-16-7-6-12-15-11(8-13(18)17(12)16)9-2-4-10(14)5-3-9/h2-8H,1H3. The maximum absolute atomic E-state index is 12.8. The fourth-order valence-corrected chi connectivity index (χ4v) is 1.93. The van der Waals surface area contributed by atoms with Crippen molar-refractivity contribution >= 4 is 5.65 Å². The first-order chi connectivity index (χ1) is 8.65. The van der Waals surface area contributed by atoms with Gasteiger partial charge in [-0.05, 0) is 24.3 Å². The molecule has 0 unspecified atom stereocenters. The van der Waals surface area contributed by atoms with Crippen molar-refractivity contribution in [3.05, 3.63) is 58.8 Å². The summed E-state index contributed by atoms with van der Waals surface area (Å²) < 4.78 is 16.0. The first-order valence-corrected chi connectivity index (χ1v) is 5.46. The molecule has 0 fully saturated rings.